The number of aliphatic hydroxyl groups excluding tert-OH is 1. The van der Waals surface area contributed by atoms with Crippen molar-refractivity contribution in [1.82, 2.24) is 4.90 Å². The van der Waals surface area contributed by atoms with E-state index in [0.717, 1.165) is 6.42 Å². The number of nitrogens with zero attached hydrogens (tertiary/aromatic N) is 1. The summed E-state index contributed by atoms with van der Waals surface area (Å²) in [5, 5.41) is 10.1. The Hall–Kier alpha value is -0.0800. The van der Waals surface area contributed by atoms with E-state index in [1.54, 1.807) is 0 Å². The van der Waals surface area contributed by atoms with Crippen LogP contribution in [0, 0.1) is 0 Å². The fourth-order valence-corrected chi connectivity index (χ4v) is 2.68. The van der Waals surface area contributed by atoms with Gasteiger partial charge in [-0.2, -0.15) is 0 Å². The Morgan fingerprint density at radius 3 is 2.06 bits per heavy atom. The van der Waals surface area contributed by atoms with Gasteiger partial charge in [0.25, 0.3) is 0 Å². The third-order valence-corrected chi connectivity index (χ3v) is 3.76. The molecule has 96 valence electrons. The Morgan fingerprint density at radius 1 is 1.00 bits per heavy atom. The van der Waals surface area contributed by atoms with E-state index in [4.69, 9.17) is 0 Å². The first-order valence-corrected chi connectivity index (χ1v) is 7.21. The zero-order chi connectivity index (χ0) is 11.8. The summed E-state index contributed by atoms with van der Waals surface area (Å²) in [4.78, 5) is 2.55. The van der Waals surface area contributed by atoms with Crippen molar-refractivity contribution in [2.75, 3.05) is 13.1 Å². The fraction of sp³-hybridized carbons (Fsp3) is 1.00. The molecule has 0 aromatic heterocycles. The summed E-state index contributed by atoms with van der Waals surface area (Å²) in [6.07, 6.45) is 9.72. The third kappa shape index (κ3) is 4.42. The molecule has 1 saturated carbocycles. The van der Waals surface area contributed by atoms with Gasteiger partial charge in [0.05, 0.1) is 6.10 Å². The molecular formula is C14H29NO. The molecule has 2 unspecified atom stereocenters. The van der Waals surface area contributed by atoms with Crippen LogP contribution in [0.2, 0.25) is 0 Å². The Morgan fingerprint density at radius 2 is 1.56 bits per heavy atom. The average Bonchev–Trinajstić information content (AvgIpc) is 2.31. The molecule has 0 aliphatic heterocycles. The van der Waals surface area contributed by atoms with Crippen LogP contribution in [0.4, 0.5) is 0 Å². The largest absolute Gasteiger partial charge is 0.391 e. The molecule has 0 bridgehead atoms. The Bertz CT molecular complexity index is 164. The lowest BCUT2D eigenvalue weighted by atomic mass is 9.91. The molecule has 0 aromatic rings. The van der Waals surface area contributed by atoms with Crippen molar-refractivity contribution in [1.29, 1.82) is 0 Å². The highest BCUT2D eigenvalue weighted by Crippen LogP contribution is 2.23. The van der Waals surface area contributed by atoms with E-state index in [2.05, 4.69) is 18.7 Å². The van der Waals surface area contributed by atoms with Crippen LogP contribution >= 0.6 is 0 Å². The SMILES string of the molecule is CCCCN(CCCC)C1CCCCC1O. The summed E-state index contributed by atoms with van der Waals surface area (Å²) < 4.78 is 0. The number of rotatable bonds is 7. The molecule has 0 aromatic carbocycles. The number of unbranched alkanes of at least 4 members (excludes halogenated alkanes) is 2. The van der Waals surface area contributed by atoms with Gasteiger partial charge in [0.2, 0.25) is 0 Å². The Balaban J connectivity index is 2.44. The van der Waals surface area contributed by atoms with Gasteiger partial charge in [-0.15, -0.1) is 0 Å². The number of hydrogen-bond acceptors (Lipinski definition) is 2. The van der Waals surface area contributed by atoms with Crippen molar-refractivity contribution in [3.05, 3.63) is 0 Å². The molecule has 2 nitrogen and oxygen atoms in total. The van der Waals surface area contributed by atoms with Crippen LogP contribution in [-0.4, -0.2) is 35.2 Å². The van der Waals surface area contributed by atoms with Crippen LogP contribution < -0.4 is 0 Å². The lowest BCUT2D eigenvalue weighted by Gasteiger charge is -2.37. The summed E-state index contributed by atoms with van der Waals surface area (Å²) in [7, 11) is 0. The molecule has 1 N–H and O–H groups in total. The van der Waals surface area contributed by atoms with Gasteiger partial charge >= 0.3 is 0 Å². The lowest BCUT2D eigenvalue weighted by molar-refractivity contribution is 0.0184. The van der Waals surface area contributed by atoms with Crippen LogP contribution in [-0.2, 0) is 0 Å². The van der Waals surface area contributed by atoms with Crippen molar-refractivity contribution in [2.24, 2.45) is 0 Å². The van der Waals surface area contributed by atoms with Crippen LogP contribution in [0.5, 0.6) is 0 Å². The van der Waals surface area contributed by atoms with E-state index in [1.807, 2.05) is 0 Å². The van der Waals surface area contributed by atoms with Gasteiger partial charge in [0.1, 0.15) is 0 Å². The minimum Gasteiger partial charge on any atom is -0.391 e. The monoisotopic (exact) mass is 227 g/mol. The zero-order valence-electron chi connectivity index (χ0n) is 11.1. The molecular weight excluding hydrogens is 198 g/mol. The Labute approximate surface area is 101 Å². The van der Waals surface area contributed by atoms with Gasteiger partial charge in [-0.25, -0.2) is 0 Å². The zero-order valence-corrected chi connectivity index (χ0v) is 11.1. The molecule has 1 aliphatic carbocycles. The van der Waals surface area contributed by atoms with E-state index in [9.17, 15) is 5.11 Å². The van der Waals surface area contributed by atoms with Gasteiger partial charge in [0.15, 0.2) is 0 Å². The van der Waals surface area contributed by atoms with Crippen LogP contribution in [0.25, 0.3) is 0 Å². The molecule has 2 heteroatoms. The number of hydrogen-bond donors (Lipinski definition) is 1. The maximum atomic E-state index is 10.1. The normalized spacial score (nSPS) is 26.2. The minimum absolute atomic E-state index is 0.0672. The summed E-state index contributed by atoms with van der Waals surface area (Å²) in [6, 6.07) is 0.451. The molecule has 0 amide bonds. The second-order valence-electron chi connectivity index (χ2n) is 5.16. The first-order chi connectivity index (χ1) is 7.79. The molecule has 1 rings (SSSR count). The van der Waals surface area contributed by atoms with E-state index >= 15 is 0 Å². The predicted octanol–water partition coefficient (Wildman–Crippen LogP) is 3.19. The third-order valence-electron chi connectivity index (χ3n) is 3.76. The smallest absolute Gasteiger partial charge is 0.0695 e. The second kappa shape index (κ2) is 8.08. The molecule has 0 radical (unpaired) electrons. The molecule has 2 atom stereocenters. The van der Waals surface area contributed by atoms with E-state index in [-0.39, 0.29) is 6.10 Å². The average molecular weight is 227 g/mol. The van der Waals surface area contributed by atoms with Crippen molar-refractivity contribution >= 4 is 0 Å². The van der Waals surface area contributed by atoms with Crippen LogP contribution in [0.15, 0.2) is 0 Å². The standard InChI is InChI=1S/C14H29NO/c1-3-5-11-15(12-6-4-2)13-9-7-8-10-14(13)16/h13-14,16H,3-12H2,1-2H3. The second-order valence-corrected chi connectivity index (χ2v) is 5.16. The van der Waals surface area contributed by atoms with E-state index in [1.165, 1.54) is 58.0 Å². The van der Waals surface area contributed by atoms with Crippen molar-refractivity contribution in [3.8, 4) is 0 Å². The van der Waals surface area contributed by atoms with Crippen molar-refractivity contribution < 1.29 is 5.11 Å². The van der Waals surface area contributed by atoms with E-state index < -0.39 is 0 Å². The summed E-state index contributed by atoms with van der Waals surface area (Å²) >= 11 is 0. The predicted molar refractivity (Wildman–Crippen MR) is 69.7 cm³/mol. The molecule has 0 spiro atoms. The highest BCUT2D eigenvalue weighted by molar-refractivity contribution is 4.83. The number of aliphatic hydroxyl groups is 1. The lowest BCUT2D eigenvalue weighted by Crippen LogP contribution is -2.46. The maximum Gasteiger partial charge on any atom is 0.0695 e. The summed E-state index contributed by atoms with van der Waals surface area (Å²) in [6.45, 7) is 6.85. The van der Waals surface area contributed by atoms with Gasteiger partial charge in [-0.3, -0.25) is 4.90 Å². The molecule has 1 fully saturated rings. The van der Waals surface area contributed by atoms with Gasteiger partial charge in [-0.05, 0) is 38.8 Å². The van der Waals surface area contributed by atoms with Crippen molar-refractivity contribution in [2.45, 2.75) is 77.4 Å². The first kappa shape index (κ1) is 14.0. The summed E-state index contributed by atoms with van der Waals surface area (Å²) in [5.41, 5.74) is 0. The first-order valence-electron chi connectivity index (χ1n) is 7.21. The molecule has 0 heterocycles. The molecule has 1 aliphatic rings. The van der Waals surface area contributed by atoms with Crippen molar-refractivity contribution in [3.63, 3.8) is 0 Å². The fourth-order valence-electron chi connectivity index (χ4n) is 2.68. The van der Waals surface area contributed by atoms with Gasteiger partial charge < -0.3 is 5.11 Å². The topological polar surface area (TPSA) is 23.5 Å². The Kier molecular flexibility index (Phi) is 7.06. The van der Waals surface area contributed by atoms with Gasteiger partial charge in [-0.1, -0.05) is 39.5 Å². The maximum absolute atomic E-state index is 10.1. The highest BCUT2D eigenvalue weighted by atomic mass is 16.3. The van der Waals surface area contributed by atoms with E-state index in [0.29, 0.717) is 6.04 Å². The van der Waals surface area contributed by atoms with Crippen LogP contribution in [0.3, 0.4) is 0 Å². The van der Waals surface area contributed by atoms with Crippen LogP contribution in [0.1, 0.15) is 65.2 Å². The highest BCUT2D eigenvalue weighted by Gasteiger charge is 2.27. The summed E-state index contributed by atoms with van der Waals surface area (Å²) in [5.74, 6) is 0. The molecule has 0 saturated heterocycles. The molecule has 16 heavy (non-hydrogen) atoms. The van der Waals surface area contributed by atoms with Gasteiger partial charge in [0, 0.05) is 6.04 Å². The quantitative estimate of drug-likeness (QED) is 0.722. The minimum atomic E-state index is -0.0672.